The van der Waals surface area contributed by atoms with Gasteiger partial charge in [-0.2, -0.15) is 0 Å². The number of halogens is 3. The molecule has 0 unspecified atom stereocenters. The monoisotopic (exact) mass is 321 g/mol. The second-order valence-electron chi connectivity index (χ2n) is 4.45. The summed E-state index contributed by atoms with van der Waals surface area (Å²) in [6.07, 6.45) is 1.34. The van der Waals surface area contributed by atoms with Crippen LogP contribution in [0, 0.1) is 11.6 Å². The molecule has 7 heteroatoms. The lowest BCUT2D eigenvalue weighted by atomic mass is 10.2. The van der Waals surface area contributed by atoms with Crippen LogP contribution in [-0.4, -0.2) is 17.1 Å². The van der Waals surface area contributed by atoms with Crippen molar-refractivity contribution in [3.8, 4) is 5.75 Å². The average Bonchev–Trinajstić information content (AvgIpc) is 2.55. The molecule has 1 aromatic heterocycles. The number of fused-ring (bicyclic) bond motifs is 1. The van der Waals surface area contributed by atoms with Gasteiger partial charge < -0.3 is 10.1 Å². The van der Waals surface area contributed by atoms with Crippen molar-refractivity contribution < 1.29 is 13.5 Å². The fourth-order valence-electron chi connectivity index (χ4n) is 2.01. The molecule has 4 nitrogen and oxygen atoms in total. The second kappa shape index (κ2) is 5.73. The molecule has 0 amide bonds. The summed E-state index contributed by atoms with van der Waals surface area (Å²) in [5, 5.41) is 2.91. The van der Waals surface area contributed by atoms with Crippen molar-refractivity contribution in [2.75, 3.05) is 12.4 Å². The zero-order valence-corrected chi connectivity index (χ0v) is 12.2. The Labute approximate surface area is 129 Å². The molecule has 0 radical (unpaired) electrons. The van der Waals surface area contributed by atoms with Gasteiger partial charge in [-0.05, 0) is 24.3 Å². The van der Waals surface area contributed by atoms with Crippen LogP contribution in [0.15, 0.2) is 36.7 Å². The first-order valence-electron chi connectivity index (χ1n) is 6.29. The van der Waals surface area contributed by atoms with Gasteiger partial charge in [0.25, 0.3) is 0 Å². The number of aromatic nitrogens is 2. The van der Waals surface area contributed by atoms with Gasteiger partial charge in [0.2, 0.25) is 0 Å². The van der Waals surface area contributed by atoms with E-state index in [1.165, 1.54) is 12.4 Å². The summed E-state index contributed by atoms with van der Waals surface area (Å²) < 4.78 is 32.3. The highest BCUT2D eigenvalue weighted by Crippen LogP contribution is 2.30. The van der Waals surface area contributed by atoms with Gasteiger partial charge >= 0.3 is 0 Å². The van der Waals surface area contributed by atoms with E-state index >= 15 is 0 Å². The van der Waals surface area contributed by atoms with Gasteiger partial charge in [-0.3, -0.25) is 0 Å². The van der Waals surface area contributed by atoms with E-state index in [4.69, 9.17) is 16.3 Å². The fourth-order valence-corrected chi connectivity index (χ4v) is 2.18. The lowest BCUT2D eigenvalue weighted by Crippen LogP contribution is -1.99. The van der Waals surface area contributed by atoms with Crippen molar-refractivity contribution in [1.82, 2.24) is 9.97 Å². The Kier molecular flexibility index (Phi) is 3.77. The minimum Gasteiger partial charge on any atom is -0.497 e. The van der Waals surface area contributed by atoms with Crippen LogP contribution in [0.3, 0.4) is 0 Å². The van der Waals surface area contributed by atoms with Crippen molar-refractivity contribution in [3.63, 3.8) is 0 Å². The predicted octanol–water partition coefficient (Wildman–Crippen LogP) is 4.31. The van der Waals surface area contributed by atoms with Gasteiger partial charge in [0.1, 0.15) is 28.7 Å². The predicted molar refractivity (Wildman–Crippen MR) is 80.7 cm³/mol. The lowest BCUT2D eigenvalue weighted by molar-refractivity contribution is 0.415. The van der Waals surface area contributed by atoms with Crippen molar-refractivity contribution in [1.29, 1.82) is 0 Å². The first-order chi connectivity index (χ1) is 10.6. The van der Waals surface area contributed by atoms with E-state index in [1.54, 1.807) is 25.3 Å². The van der Waals surface area contributed by atoms with Crippen LogP contribution in [0.5, 0.6) is 5.75 Å². The third-order valence-corrected chi connectivity index (χ3v) is 3.48. The van der Waals surface area contributed by atoms with Crippen molar-refractivity contribution in [2.45, 2.75) is 0 Å². The SMILES string of the molecule is COc1ccc2c(Nc3ccc(F)c(Cl)c3F)ncnc2c1. The molecule has 3 aromatic rings. The third kappa shape index (κ3) is 2.53. The number of hydrogen-bond donors (Lipinski definition) is 1. The van der Waals surface area contributed by atoms with Crippen molar-refractivity contribution in [3.05, 3.63) is 53.3 Å². The Hall–Kier alpha value is -2.47. The molecule has 0 saturated heterocycles. The second-order valence-corrected chi connectivity index (χ2v) is 4.83. The molecule has 0 saturated carbocycles. The molecule has 1 N–H and O–H groups in total. The normalized spacial score (nSPS) is 10.7. The molecule has 0 atom stereocenters. The highest BCUT2D eigenvalue weighted by Gasteiger charge is 2.13. The van der Waals surface area contributed by atoms with E-state index < -0.39 is 16.7 Å². The standard InChI is InChI=1S/C15H10ClF2N3O/c1-22-8-2-3-9-12(6-8)19-7-20-15(9)21-11-5-4-10(17)13(16)14(11)18/h2-7H,1H3,(H,19,20,21). The van der Waals surface area contributed by atoms with Crippen LogP contribution in [0.25, 0.3) is 10.9 Å². The largest absolute Gasteiger partial charge is 0.497 e. The van der Waals surface area contributed by atoms with Gasteiger partial charge in [0.05, 0.1) is 18.3 Å². The molecule has 1 heterocycles. The van der Waals surface area contributed by atoms with Gasteiger partial charge in [0, 0.05) is 11.5 Å². The number of ether oxygens (including phenoxy) is 1. The number of hydrogen-bond acceptors (Lipinski definition) is 4. The van der Waals surface area contributed by atoms with E-state index in [-0.39, 0.29) is 5.69 Å². The summed E-state index contributed by atoms with van der Waals surface area (Å²) in [7, 11) is 1.55. The number of benzene rings is 2. The maximum atomic E-state index is 14.0. The minimum absolute atomic E-state index is 0.0298. The molecular weight excluding hydrogens is 312 g/mol. The number of anilines is 2. The molecule has 0 aliphatic heterocycles. The molecule has 0 spiro atoms. The molecule has 3 rings (SSSR count). The van der Waals surface area contributed by atoms with Crippen LogP contribution in [-0.2, 0) is 0 Å². The van der Waals surface area contributed by atoms with Crippen LogP contribution >= 0.6 is 11.6 Å². The van der Waals surface area contributed by atoms with Crippen molar-refractivity contribution >= 4 is 34.0 Å². The van der Waals surface area contributed by atoms with Crippen LogP contribution in [0.4, 0.5) is 20.3 Å². The average molecular weight is 322 g/mol. The first-order valence-corrected chi connectivity index (χ1v) is 6.67. The van der Waals surface area contributed by atoms with E-state index in [0.29, 0.717) is 22.5 Å². The number of rotatable bonds is 3. The zero-order chi connectivity index (χ0) is 15.7. The van der Waals surface area contributed by atoms with Crippen LogP contribution in [0.2, 0.25) is 5.02 Å². The number of nitrogens with zero attached hydrogens (tertiary/aromatic N) is 2. The van der Waals surface area contributed by atoms with Crippen LogP contribution in [0.1, 0.15) is 0 Å². The van der Waals surface area contributed by atoms with Gasteiger partial charge in [-0.25, -0.2) is 18.7 Å². The lowest BCUT2D eigenvalue weighted by Gasteiger charge is -2.10. The molecular formula is C15H10ClF2N3O. The van der Waals surface area contributed by atoms with E-state index in [0.717, 1.165) is 6.07 Å². The minimum atomic E-state index is -0.873. The summed E-state index contributed by atoms with van der Waals surface area (Å²) >= 11 is 5.57. The molecule has 0 aliphatic rings. The quantitative estimate of drug-likeness (QED) is 0.730. The summed E-state index contributed by atoms with van der Waals surface area (Å²) in [4.78, 5) is 8.22. The highest BCUT2D eigenvalue weighted by atomic mass is 35.5. The first kappa shape index (κ1) is 14.5. The Bertz CT molecular complexity index is 858. The smallest absolute Gasteiger partial charge is 0.168 e. The van der Waals surface area contributed by atoms with Gasteiger partial charge in [-0.1, -0.05) is 11.6 Å². The number of nitrogens with one attached hydrogen (secondary N) is 1. The highest BCUT2D eigenvalue weighted by molar-refractivity contribution is 6.31. The Morgan fingerprint density at radius 1 is 1.14 bits per heavy atom. The zero-order valence-electron chi connectivity index (χ0n) is 11.4. The van der Waals surface area contributed by atoms with Crippen molar-refractivity contribution in [2.24, 2.45) is 0 Å². The van der Waals surface area contributed by atoms with E-state index in [1.807, 2.05) is 0 Å². The topological polar surface area (TPSA) is 47.0 Å². The Morgan fingerprint density at radius 3 is 2.73 bits per heavy atom. The van der Waals surface area contributed by atoms with E-state index in [9.17, 15) is 8.78 Å². The number of methoxy groups -OCH3 is 1. The summed E-state index contributed by atoms with van der Waals surface area (Å²) in [6.45, 7) is 0. The molecule has 0 bridgehead atoms. The Balaban J connectivity index is 2.06. The third-order valence-electron chi connectivity index (χ3n) is 3.13. The molecule has 22 heavy (non-hydrogen) atoms. The maximum Gasteiger partial charge on any atom is 0.168 e. The Morgan fingerprint density at radius 2 is 1.95 bits per heavy atom. The summed E-state index contributed by atoms with van der Waals surface area (Å²) in [5.74, 6) is -0.661. The summed E-state index contributed by atoms with van der Waals surface area (Å²) in [5.41, 5.74) is 0.660. The molecule has 2 aromatic carbocycles. The van der Waals surface area contributed by atoms with Gasteiger partial charge in [-0.15, -0.1) is 0 Å². The fraction of sp³-hybridized carbons (Fsp3) is 0.0667. The van der Waals surface area contributed by atoms with Crippen LogP contribution < -0.4 is 10.1 Å². The molecule has 112 valence electrons. The molecule has 0 fully saturated rings. The summed E-state index contributed by atoms with van der Waals surface area (Å²) in [6, 6.07) is 7.56. The van der Waals surface area contributed by atoms with Gasteiger partial charge in [0.15, 0.2) is 5.82 Å². The van der Waals surface area contributed by atoms with E-state index in [2.05, 4.69) is 15.3 Å². The maximum absolute atomic E-state index is 14.0. The molecule has 0 aliphatic carbocycles.